The van der Waals surface area contributed by atoms with E-state index in [4.69, 9.17) is 23.7 Å². The number of hydrogen-bond donors (Lipinski definition) is 1. The van der Waals surface area contributed by atoms with Gasteiger partial charge in [0.2, 0.25) is 0 Å². The van der Waals surface area contributed by atoms with Gasteiger partial charge in [-0.2, -0.15) is 0 Å². The quantitative estimate of drug-likeness (QED) is 0.136. The number of phenols is 1. The molecule has 0 amide bonds. The summed E-state index contributed by atoms with van der Waals surface area (Å²) < 4.78 is 28.7. The number of nitrogens with zero attached hydrogens (tertiary/aromatic N) is 4. The van der Waals surface area contributed by atoms with Gasteiger partial charge in [-0.15, -0.1) is 10.2 Å². The van der Waals surface area contributed by atoms with Gasteiger partial charge in [0.25, 0.3) is 5.69 Å². The highest BCUT2D eigenvalue weighted by Crippen LogP contribution is 2.49. The highest BCUT2D eigenvalue weighted by molar-refractivity contribution is 6.18. The lowest BCUT2D eigenvalue weighted by atomic mass is 9.98. The van der Waals surface area contributed by atoms with E-state index in [2.05, 4.69) is 10.2 Å². The summed E-state index contributed by atoms with van der Waals surface area (Å²) in [7, 11) is 0. The van der Waals surface area contributed by atoms with E-state index in [1.54, 1.807) is 36.4 Å². The summed E-state index contributed by atoms with van der Waals surface area (Å²) in [6.07, 6.45) is 0. The van der Waals surface area contributed by atoms with Crippen molar-refractivity contribution in [1.82, 2.24) is 0 Å². The molecule has 0 fully saturated rings. The van der Waals surface area contributed by atoms with Gasteiger partial charge < -0.3 is 28.8 Å². The lowest BCUT2D eigenvalue weighted by Crippen LogP contribution is -2.14. The first-order chi connectivity index (χ1) is 20.5. The van der Waals surface area contributed by atoms with Gasteiger partial charge >= 0.3 is 5.69 Å². The van der Waals surface area contributed by atoms with Gasteiger partial charge in [-0.3, -0.25) is 20.2 Å². The molecule has 0 saturated heterocycles. The van der Waals surface area contributed by atoms with E-state index in [-0.39, 0.29) is 43.6 Å². The second kappa shape index (κ2) is 13.2. The summed E-state index contributed by atoms with van der Waals surface area (Å²) >= 11 is 0. The Morgan fingerprint density at radius 1 is 0.667 bits per heavy atom. The molecule has 0 radical (unpaired) electrons. The Balaban J connectivity index is 1.70. The van der Waals surface area contributed by atoms with E-state index in [9.17, 15) is 25.3 Å². The second-order valence-corrected chi connectivity index (χ2v) is 8.98. The van der Waals surface area contributed by atoms with Gasteiger partial charge in [0.1, 0.15) is 36.1 Å². The van der Waals surface area contributed by atoms with Gasteiger partial charge in [0.05, 0.1) is 66.3 Å². The van der Waals surface area contributed by atoms with Crippen molar-refractivity contribution in [2.45, 2.75) is 0 Å². The van der Waals surface area contributed by atoms with Crippen LogP contribution in [0, 0.1) is 20.2 Å². The minimum absolute atomic E-state index is 0.0461. The van der Waals surface area contributed by atoms with Crippen molar-refractivity contribution in [2.75, 3.05) is 52.9 Å². The number of aromatic hydroxyl groups is 1. The summed E-state index contributed by atoms with van der Waals surface area (Å²) in [5, 5.41) is 44.4. The monoisotopic (exact) mass is 578 g/mol. The molecule has 14 heteroatoms. The summed E-state index contributed by atoms with van der Waals surface area (Å²) in [4.78, 5) is 21.4. The van der Waals surface area contributed by atoms with Crippen LogP contribution >= 0.6 is 0 Å². The van der Waals surface area contributed by atoms with Crippen molar-refractivity contribution < 1.29 is 38.6 Å². The van der Waals surface area contributed by atoms with Crippen molar-refractivity contribution in [1.29, 1.82) is 0 Å². The number of ether oxygens (including phenoxy) is 5. The SMILES string of the molecule is O=[N+]([O-])c1ccc(N=Nc2c3c4cccc3c(O)c3cccc(c23)OCCOCCOCCOCCO4)c([N+](=O)[O-])c1. The Labute approximate surface area is 238 Å². The molecule has 4 aromatic carbocycles. The number of rotatable bonds is 4. The zero-order chi connectivity index (χ0) is 29.5. The minimum Gasteiger partial charge on any atom is -0.507 e. The Kier molecular flexibility index (Phi) is 8.96. The molecule has 14 nitrogen and oxygen atoms in total. The standard InChI is InChI=1S/C28H26N4O10/c33-28-19-3-1-5-23-25(19)27(30-29-21-8-7-18(31(34)35)17-22(21)32(36)37)26-20(28)4-2-6-24(26)42-16-14-40-12-10-38-9-11-39-13-15-41-23/h1-8,17,33H,9-16H2. The fourth-order valence-corrected chi connectivity index (χ4v) is 4.48. The Morgan fingerprint density at radius 3 is 1.69 bits per heavy atom. The molecule has 0 unspecified atom stereocenters. The summed E-state index contributed by atoms with van der Waals surface area (Å²) in [5.74, 6) is 0.669. The zero-order valence-electron chi connectivity index (χ0n) is 22.3. The lowest BCUT2D eigenvalue weighted by Gasteiger charge is -2.17. The molecule has 0 saturated carbocycles. The third-order valence-corrected chi connectivity index (χ3v) is 6.38. The predicted octanol–water partition coefficient (Wildman–Crippen LogP) is 5.75. The molecule has 0 aromatic heterocycles. The number of benzene rings is 4. The maximum absolute atomic E-state index is 11.7. The maximum atomic E-state index is 11.7. The summed E-state index contributed by atoms with van der Waals surface area (Å²) in [5.41, 5.74) is -1.03. The first kappa shape index (κ1) is 28.6. The van der Waals surface area contributed by atoms with E-state index < -0.39 is 21.2 Å². The number of phenolic OH excluding ortho intramolecular Hbond substituents is 1. The molecule has 42 heavy (non-hydrogen) atoms. The topological polar surface area (TPSA) is 177 Å². The molecule has 1 heterocycles. The molecule has 1 aliphatic heterocycles. The van der Waals surface area contributed by atoms with Crippen LogP contribution in [0.1, 0.15) is 0 Å². The molecule has 0 atom stereocenters. The van der Waals surface area contributed by atoms with Crippen molar-refractivity contribution >= 4 is 44.3 Å². The number of nitro groups is 2. The van der Waals surface area contributed by atoms with E-state index in [0.29, 0.717) is 59.5 Å². The van der Waals surface area contributed by atoms with E-state index >= 15 is 0 Å². The third kappa shape index (κ3) is 6.20. The van der Waals surface area contributed by atoms with Gasteiger partial charge in [-0.25, -0.2) is 0 Å². The van der Waals surface area contributed by atoms with Crippen LogP contribution in [0.5, 0.6) is 17.2 Å². The van der Waals surface area contributed by atoms with Crippen molar-refractivity contribution in [3.8, 4) is 17.2 Å². The minimum atomic E-state index is -0.767. The zero-order valence-corrected chi connectivity index (χ0v) is 22.3. The Morgan fingerprint density at radius 2 is 1.19 bits per heavy atom. The highest BCUT2D eigenvalue weighted by atomic mass is 16.6. The third-order valence-electron chi connectivity index (χ3n) is 6.38. The van der Waals surface area contributed by atoms with Crippen LogP contribution in [0.15, 0.2) is 64.8 Å². The van der Waals surface area contributed by atoms with E-state index in [1.165, 1.54) is 0 Å². The fourth-order valence-electron chi connectivity index (χ4n) is 4.48. The number of non-ortho nitro benzene ring substituents is 1. The largest absolute Gasteiger partial charge is 0.507 e. The molecular formula is C28H26N4O10. The Hall–Kier alpha value is -4.92. The summed E-state index contributed by atoms with van der Waals surface area (Å²) in [6, 6.07) is 13.3. The lowest BCUT2D eigenvalue weighted by molar-refractivity contribution is -0.393. The van der Waals surface area contributed by atoms with Crippen LogP contribution < -0.4 is 9.47 Å². The average Bonchev–Trinajstić information content (AvgIpc) is 2.99. The molecule has 0 spiro atoms. The first-order valence-electron chi connectivity index (χ1n) is 13.0. The van der Waals surface area contributed by atoms with Crippen molar-refractivity contribution in [3.05, 3.63) is 74.8 Å². The predicted molar refractivity (Wildman–Crippen MR) is 150 cm³/mol. The van der Waals surface area contributed by atoms with E-state index in [0.717, 1.165) is 18.2 Å². The molecule has 2 bridgehead atoms. The van der Waals surface area contributed by atoms with Crippen LogP contribution in [0.4, 0.5) is 22.7 Å². The molecule has 5 rings (SSSR count). The molecule has 0 aliphatic carbocycles. The molecular weight excluding hydrogens is 552 g/mol. The van der Waals surface area contributed by atoms with Crippen LogP contribution in [-0.2, 0) is 14.2 Å². The number of nitro benzene ring substituents is 2. The van der Waals surface area contributed by atoms with Crippen LogP contribution in [0.25, 0.3) is 21.5 Å². The number of hydrogen-bond acceptors (Lipinski definition) is 12. The van der Waals surface area contributed by atoms with Crippen molar-refractivity contribution in [3.63, 3.8) is 0 Å². The molecule has 1 aliphatic rings. The van der Waals surface area contributed by atoms with Crippen LogP contribution in [0.2, 0.25) is 0 Å². The van der Waals surface area contributed by atoms with Crippen LogP contribution in [-0.4, -0.2) is 67.8 Å². The van der Waals surface area contributed by atoms with Gasteiger partial charge in [-0.1, -0.05) is 24.3 Å². The summed E-state index contributed by atoms with van der Waals surface area (Å²) in [6.45, 7) is 2.38. The van der Waals surface area contributed by atoms with E-state index in [1.807, 2.05) is 0 Å². The van der Waals surface area contributed by atoms with Gasteiger partial charge in [0.15, 0.2) is 5.69 Å². The smallest absolute Gasteiger partial charge is 0.303 e. The average molecular weight is 579 g/mol. The van der Waals surface area contributed by atoms with Gasteiger partial charge in [0, 0.05) is 16.8 Å². The normalized spacial score (nSPS) is 15.3. The molecule has 218 valence electrons. The number of azo groups is 1. The van der Waals surface area contributed by atoms with Crippen LogP contribution in [0.3, 0.4) is 0 Å². The maximum Gasteiger partial charge on any atom is 0.303 e. The van der Waals surface area contributed by atoms with Crippen molar-refractivity contribution in [2.24, 2.45) is 10.2 Å². The molecule has 1 N–H and O–H groups in total. The highest BCUT2D eigenvalue weighted by Gasteiger charge is 2.23. The first-order valence-corrected chi connectivity index (χ1v) is 13.0. The fraction of sp³-hybridized carbons (Fsp3) is 0.286. The second-order valence-electron chi connectivity index (χ2n) is 8.98. The van der Waals surface area contributed by atoms with Gasteiger partial charge in [-0.05, 0) is 18.2 Å². The Bertz CT molecular complexity index is 1580. The molecule has 4 aromatic rings.